The van der Waals surface area contributed by atoms with Gasteiger partial charge in [0.15, 0.2) is 6.61 Å². The van der Waals surface area contributed by atoms with Crippen molar-refractivity contribution in [1.29, 1.82) is 0 Å². The Labute approximate surface area is 143 Å². The third-order valence-electron chi connectivity index (χ3n) is 3.31. The fourth-order valence-electron chi connectivity index (χ4n) is 2.09. The van der Waals surface area contributed by atoms with Crippen molar-refractivity contribution in [2.24, 2.45) is 5.73 Å². The van der Waals surface area contributed by atoms with E-state index in [1.165, 1.54) is 12.3 Å². The normalized spacial score (nSPS) is 12.5. The van der Waals surface area contributed by atoms with E-state index < -0.39 is 18.8 Å². The number of nitrogens with zero attached hydrogens (tertiary/aromatic N) is 1. The van der Waals surface area contributed by atoms with E-state index in [-0.39, 0.29) is 24.8 Å². The van der Waals surface area contributed by atoms with Crippen molar-refractivity contribution in [3.8, 4) is 5.88 Å². The Balaban J connectivity index is 1.83. The quantitative estimate of drug-likeness (QED) is 0.802. The molecule has 0 aliphatic carbocycles. The van der Waals surface area contributed by atoms with Crippen molar-refractivity contribution in [1.82, 2.24) is 10.3 Å². The van der Waals surface area contributed by atoms with Gasteiger partial charge in [-0.05, 0) is 17.2 Å². The van der Waals surface area contributed by atoms with Crippen LogP contribution in [0.4, 0.5) is 13.2 Å². The van der Waals surface area contributed by atoms with Crippen molar-refractivity contribution in [3.05, 3.63) is 59.8 Å². The SMILES string of the molecule is NC(CC(=O)NCc1ccnc(OCC(F)(F)F)c1)c1ccccc1. The van der Waals surface area contributed by atoms with E-state index >= 15 is 0 Å². The summed E-state index contributed by atoms with van der Waals surface area (Å²) < 4.78 is 41.0. The van der Waals surface area contributed by atoms with Gasteiger partial charge in [-0.25, -0.2) is 4.98 Å². The third kappa shape index (κ3) is 6.80. The lowest BCUT2D eigenvalue weighted by molar-refractivity contribution is -0.154. The van der Waals surface area contributed by atoms with Crippen molar-refractivity contribution in [2.45, 2.75) is 25.2 Å². The van der Waals surface area contributed by atoms with Crippen LogP contribution >= 0.6 is 0 Å². The Morgan fingerprint density at radius 3 is 2.64 bits per heavy atom. The van der Waals surface area contributed by atoms with Gasteiger partial charge in [0.25, 0.3) is 0 Å². The molecule has 25 heavy (non-hydrogen) atoms. The minimum absolute atomic E-state index is 0.104. The van der Waals surface area contributed by atoms with Gasteiger partial charge in [0.1, 0.15) is 0 Å². The number of benzene rings is 1. The summed E-state index contributed by atoms with van der Waals surface area (Å²) in [6.45, 7) is -1.27. The van der Waals surface area contributed by atoms with Crippen LogP contribution in [0.5, 0.6) is 5.88 Å². The maximum atomic E-state index is 12.1. The molecule has 0 radical (unpaired) electrons. The Morgan fingerprint density at radius 2 is 1.96 bits per heavy atom. The number of hydrogen-bond acceptors (Lipinski definition) is 4. The number of ether oxygens (including phenoxy) is 1. The van der Waals surface area contributed by atoms with E-state index in [4.69, 9.17) is 5.73 Å². The summed E-state index contributed by atoms with van der Waals surface area (Å²) >= 11 is 0. The molecule has 0 aliphatic rings. The second-order valence-electron chi connectivity index (χ2n) is 5.40. The Hall–Kier alpha value is -2.61. The van der Waals surface area contributed by atoms with Gasteiger partial charge in [-0.1, -0.05) is 30.3 Å². The van der Waals surface area contributed by atoms with Crippen LogP contribution < -0.4 is 15.8 Å². The first-order chi connectivity index (χ1) is 11.8. The summed E-state index contributed by atoms with van der Waals surface area (Å²) in [6.07, 6.45) is -3.01. The molecule has 0 fully saturated rings. The zero-order valence-electron chi connectivity index (χ0n) is 13.3. The Morgan fingerprint density at radius 1 is 1.24 bits per heavy atom. The number of carbonyl (C=O) groups excluding carboxylic acids is 1. The van der Waals surface area contributed by atoms with Crippen LogP contribution in [0, 0.1) is 0 Å². The zero-order valence-corrected chi connectivity index (χ0v) is 13.3. The molecule has 1 unspecified atom stereocenters. The average molecular weight is 353 g/mol. The lowest BCUT2D eigenvalue weighted by atomic mass is 10.0. The maximum absolute atomic E-state index is 12.1. The fraction of sp³-hybridized carbons (Fsp3) is 0.294. The highest BCUT2D eigenvalue weighted by Gasteiger charge is 2.28. The van der Waals surface area contributed by atoms with Gasteiger partial charge in [-0.15, -0.1) is 0 Å². The largest absolute Gasteiger partial charge is 0.468 e. The number of carbonyl (C=O) groups is 1. The van der Waals surface area contributed by atoms with Crippen LogP contribution in [0.2, 0.25) is 0 Å². The lowest BCUT2D eigenvalue weighted by Crippen LogP contribution is -2.27. The van der Waals surface area contributed by atoms with Gasteiger partial charge >= 0.3 is 6.18 Å². The minimum Gasteiger partial charge on any atom is -0.468 e. The Kier molecular flexibility index (Phi) is 6.35. The Bertz CT molecular complexity index is 693. The van der Waals surface area contributed by atoms with Gasteiger partial charge in [-0.2, -0.15) is 13.2 Å². The molecule has 1 aromatic carbocycles. The van der Waals surface area contributed by atoms with Gasteiger partial charge < -0.3 is 15.8 Å². The fourth-order valence-corrected chi connectivity index (χ4v) is 2.09. The number of hydrogen-bond donors (Lipinski definition) is 2. The molecule has 8 heteroatoms. The molecule has 1 amide bonds. The topological polar surface area (TPSA) is 77.2 Å². The first-order valence-electron chi connectivity index (χ1n) is 7.55. The van der Waals surface area contributed by atoms with Crippen LogP contribution in [-0.2, 0) is 11.3 Å². The van der Waals surface area contributed by atoms with Gasteiger partial charge in [0.05, 0.1) is 0 Å². The molecule has 0 saturated carbocycles. The lowest BCUT2D eigenvalue weighted by Gasteiger charge is -2.12. The van der Waals surface area contributed by atoms with E-state index in [1.807, 2.05) is 30.3 Å². The van der Waals surface area contributed by atoms with Crippen LogP contribution in [0.1, 0.15) is 23.6 Å². The zero-order chi connectivity index (χ0) is 18.3. The summed E-state index contributed by atoms with van der Waals surface area (Å²) in [4.78, 5) is 15.7. The van der Waals surface area contributed by atoms with Crippen LogP contribution in [0.3, 0.4) is 0 Å². The standard InChI is InChI=1S/C17H18F3N3O2/c18-17(19,20)11-25-16-8-12(6-7-22-16)10-23-15(24)9-14(21)13-4-2-1-3-5-13/h1-8,14H,9-11,21H2,(H,23,24). The van der Waals surface area contributed by atoms with E-state index in [0.29, 0.717) is 5.56 Å². The van der Waals surface area contributed by atoms with Crippen LogP contribution in [-0.4, -0.2) is 23.7 Å². The highest BCUT2D eigenvalue weighted by molar-refractivity contribution is 5.76. The highest BCUT2D eigenvalue weighted by atomic mass is 19.4. The van der Waals surface area contributed by atoms with Gasteiger partial charge in [-0.3, -0.25) is 4.79 Å². The smallest absolute Gasteiger partial charge is 0.422 e. The molecule has 134 valence electrons. The van der Waals surface area contributed by atoms with E-state index in [2.05, 4.69) is 15.0 Å². The van der Waals surface area contributed by atoms with Crippen molar-refractivity contribution >= 4 is 5.91 Å². The molecule has 2 aromatic rings. The molecule has 1 aromatic heterocycles. The molecule has 0 bridgehead atoms. The summed E-state index contributed by atoms with van der Waals surface area (Å²) in [6, 6.07) is 11.7. The highest BCUT2D eigenvalue weighted by Crippen LogP contribution is 2.18. The first-order valence-corrected chi connectivity index (χ1v) is 7.55. The number of alkyl halides is 3. The summed E-state index contributed by atoms with van der Waals surface area (Å²) in [5.74, 6) is -0.406. The number of aromatic nitrogens is 1. The second kappa shape index (κ2) is 8.48. The number of amides is 1. The third-order valence-corrected chi connectivity index (χ3v) is 3.31. The molecule has 5 nitrogen and oxygen atoms in total. The molecule has 1 heterocycles. The number of nitrogens with two attached hydrogens (primary N) is 1. The molecule has 0 aliphatic heterocycles. The summed E-state index contributed by atoms with van der Waals surface area (Å²) in [5, 5.41) is 2.67. The minimum atomic E-state index is -4.43. The number of rotatable bonds is 7. The molecule has 3 N–H and O–H groups in total. The van der Waals surface area contributed by atoms with Crippen molar-refractivity contribution in [3.63, 3.8) is 0 Å². The summed E-state index contributed by atoms with van der Waals surface area (Å²) in [7, 11) is 0. The van der Waals surface area contributed by atoms with Crippen LogP contribution in [0.15, 0.2) is 48.7 Å². The molecular weight excluding hydrogens is 335 g/mol. The van der Waals surface area contributed by atoms with Crippen LogP contribution in [0.25, 0.3) is 0 Å². The van der Waals surface area contributed by atoms with Gasteiger partial charge in [0, 0.05) is 31.3 Å². The van der Waals surface area contributed by atoms with E-state index in [1.54, 1.807) is 6.07 Å². The van der Waals surface area contributed by atoms with E-state index in [0.717, 1.165) is 5.56 Å². The number of halogens is 3. The number of nitrogens with one attached hydrogen (secondary N) is 1. The van der Waals surface area contributed by atoms with Crippen molar-refractivity contribution in [2.75, 3.05) is 6.61 Å². The molecule has 2 rings (SSSR count). The predicted octanol–water partition coefficient (Wildman–Crippen LogP) is 2.73. The number of pyridine rings is 1. The van der Waals surface area contributed by atoms with Gasteiger partial charge in [0.2, 0.25) is 11.8 Å². The molecule has 1 atom stereocenters. The molecule has 0 saturated heterocycles. The van der Waals surface area contributed by atoms with Crippen molar-refractivity contribution < 1.29 is 22.7 Å². The second-order valence-corrected chi connectivity index (χ2v) is 5.40. The molecule has 0 spiro atoms. The first kappa shape index (κ1) is 18.7. The monoisotopic (exact) mass is 353 g/mol. The van der Waals surface area contributed by atoms with E-state index in [9.17, 15) is 18.0 Å². The molecular formula is C17H18F3N3O2. The predicted molar refractivity (Wildman–Crippen MR) is 85.6 cm³/mol. The maximum Gasteiger partial charge on any atom is 0.422 e. The summed E-state index contributed by atoms with van der Waals surface area (Å²) in [5.41, 5.74) is 7.40. The average Bonchev–Trinajstić information content (AvgIpc) is 2.59.